The molecule has 5 heteroatoms. The van der Waals surface area contributed by atoms with Gasteiger partial charge in [0.25, 0.3) is 0 Å². The molecule has 0 heterocycles. The Hall–Kier alpha value is -2.14. The van der Waals surface area contributed by atoms with E-state index in [-0.39, 0.29) is 5.75 Å². The van der Waals surface area contributed by atoms with Crippen LogP contribution in [0.4, 0.5) is 0 Å². The molecule has 4 N–H and O–H groups in total. The Morgan fingerprint density at radius 3 is 2.56 bits per heavy atom. The number of aromatic hydroxyl groups is 1. The van der Waals surface area contributed by atoms with Crippen LogP contribution in [0.25, 0.3) is 0 Å². The zero-order valence-electron chi connectivity index (χ0n) is 10.1. The summed E-state index contributed by atoms with van der Waals surface area (Å²) in [6.07, 6.45) is 3.09. The highest BCUT2D eigenvalue weighted by Crippen LogP contribution is 2.10. The molecule has 0 aliphatic carbocycles. The highest BCUT2D eigenvalue weighted by molar-refractivity contribution is 6.02. The molecule has 5 nitrogen and oxygen atoms in total. The molecule has 1 aromatic rings. The van der Waals surface area contributed by atoms with E-state index >= 15 is 0 Å². The summed E-state index contributed by atoms with van der Waals surface area (Å²) in [6.45, 7) is 1.68. The summed E-state index contributed by atoms with van der Waals surface area (Å²) >= 11 is 0. The zero-order valence-corrected chi connectivity index (χ0v) is 10.1. The van der Waals surface area contributed by atoms with Gasteiger partial charge in [0, 0.05) is 0 Å². The van der Waals surface area contributed by atoms with Crippen LogP contribution in [-0.2, 0) is 16.0 Å². The van der Waals surface area contributed by atoms with Crippen molar-refractivity contribution in [3.05, 3.63) is 42.0 Å². The average Bonchev–Trinajstić information content (AvgIpc) is 2.32. The second-order valence-electron chi connectivity index (χ2n) is 3.83. The Labute approximate surface area is 105 Å². The molecule has 0 radical (unpaired) electrons. The lowest BCUT2D eigenvalue weighted by Gasteiger charge is -2.10. The molecule has 0 aliphatic heterocycles. The number of hydrogen-bond donors (Lipinski definition) is 3. The van der Waals surface area contributed by atoms with Gasteiger partial charge in [-0.25, -0.2) is 0 Å². The minimum atomic E-state index is -0.802. The van der Waals surface area contributed by atoms with Gasteiger partial charge in [-0.3, -0.25) is 14.9 Å². The molecule has 0 saturated heterocycles. The quantitative estimate of drug-likeness (QED) is 0.676. The minimum Gasteiger partial charge on any atom is -0.508 e. The number of amides is 2. The van der Waals surface area contributed by atoms with Gasteiger partial charge in [-0.05, 0) is 37.1 Å². The molecular formula is C13H16N2O3. The second-order valence-corrected chi connectivity index (χ2v) is 3.83. The SMILES string of the molecule is CC=CC(=O)NC(=O)[C@@H](N)Cc1ccc(O)cc1. The van der Waals surface area contributed by atoms with Gasteiger partial charge in [0.05, 0.1) is 6.04 Å². The summed E-state index contributed by atoms with van der Waals surface area (Å²) in [7, 11) is 0. The van der Waals surface area contributed by atoms with Crippen LogP contribution < -0.4 is 11.1 Å². The standard InChI is InChI=1S/C13H16N2O3/c1-2-3-12(17)15-13(18)11(14)8-9-4-6-10(16)7-5-9/h2-7,11,16H,8,14H2,1H3,(H,15,17,18)/t11-/m0/s1. The molecule has 0 unspecified atom stereocenters. The van der Waals surface area contributed by atoms with Crippen molar-refractivity contribution in [1.29, 1.82) is 0 Å². The fourth-order valence-electron chi connectivity index (χ4n) is 1.39. The third-order valence-corrected chi connectivity index (χ3v) is 2.29. The number of carbonyl (C=O) groups excluding carboxylic acids is 2. The number of imide groups is 1. The number of rotatable bonds is 4. The normalized spacial score (nSPS) is 12.3. The minimum absolute atomic E-state index is 0.153. The highest BCUT2D eigenvalue weighted by atomic mass is 16.3. The summed E-state index contributed by atoms with van der Waals surface area (Å²) in [5, 5.41) is 11.3. The number of carbonyl (C=O) groups is 2. The second kappa shape index (κ2) is 6.56. The van der Waals surface area contributed by atoms with Crippen LogP contribution in [-0.4, -0.2) is 23.0 Å². The van der Waals surface area contributed by atoms with E-state index in [1.165, 1.54) is 24.3 Å². The molecule has 0 spiro atoms. The van der Waals surface area contributed by atoms with Crippen LogP contribution in [0.15, 0.2) is 36.4 Å². The molecule has 0 saturated carbocycles. The van der Waals surface area contributed by atoms with E-state index in [9.17, 15) is 9.59 Å². The fourth-order valence-corrected chi connectivity index (χ4v) is 1.39. The van der Waals surface area contributed by atoms with E-state index in [1.807, 2.05) is 0 Å². The van der Waals surface area contributed by atoms with Crippen LogP contribution in [0, 0.1) is 0 Å². The van der Waals surface area contributed by atoms with Gasteiger partial charge >= 0.3 is 0 Å². The summed E-state index contributed by atoms with van der Waals surface area (Å²) in [6, 6.07) is 5.59. The maximum absolute atomic E-state index is 11.6. The maximum Gasteiger partial charge on any atom is 0.250 e. The van der Waals surface area contributed by atoms with Crippen molar-refractivity contribution in [3.8, 4) is 5.75 Å². The molecule has 0 aliphatic rings. The Morgan fingerprint density at radius 1 is 1.39 bits per heavy atom. The van der Waals surface area contributed by atoms with Crippen molar-refractivity contribution in [2.75, 3.05) is 0 Å². The van der Waals surface area contributed by atoms with E-state index in [1.54, 1.807) is 19.1 Å². The molecule has 96 valence electrons. The van der Waals surface area contributed by atoms with Gasteiger partial charge in [0.15, 0.2) is 0 Å². The molecule has 0 fully saturated rings. The summed E-state index contributed by atoms with van der Waals surface area (Å²) < 4.78 is 0. The number of phenolic OH excluding ortho intramolecular Hbond substituents is 1. The number of nitrogens with one attached hydrogen (secondary N) is 1. The number of benzene rings is 1. The van der Waals surface area contributed by atoms with Crippen LogP contribution >= 0.6 is 0 Å². The van der Waals surface area contributed by atoms with Crippen LogP contribution in [0.2, 0.25) is 0 Å². The predicted molar refractivity (Wildman–Crippen MR) is 67.7 cm³/mol. The lowest BCUT2D eigenvalue weighted by atomic mass is 10.1. The lowest BCUT2D eigenvalue weighted by Crippen LogP contribution is -2.44. The van der Waals surface area contributed by atoms with Crippen molar-refractivity contribution >= 4 is 11.8 Å². The third kappa shape index (κ3) is 4.39. The van der Waals surface area contributed by atoms with Gasteiger partial charge in [0.2, 0.25) is 11.8 Å². The van der Waals surface area contributed by atoms with Crippen molar-refractivity contribution in [2.24, 2.45) is 5.73 Å². The van der Waals surface area contributed by atoms with Gasteiger partial charge in [0.1, 0.15) is 5.75 Å². The molecule has 0 aromatic heterocycles. The van der Waals surface area contributed by atoms with Gasteiger partial charge in [-0.1, -0.05) is 18.2 Å². The Balaban J connectivity index is 2.54. The summed E-state index contributed by atoms with van der Waals surface area (Å²) in [5.41, 5.74) is 6.49. The van der Waals surface area contributed by atoms with Crippen molar-refractivity contribution in [2.45, 2.75) is 19.4 Å². The monoisotopic (exact) mass is 248 g/mol. The fraction of sp³-hybridized carbons (Fsp3) is 0.231. The van der Waals surface area contributed by atoms with Crippen LogP contribution in [0.1, 0.15) is 12.5 Å². The van der Waals surface area contributed by atoms with Gasteiger partial charge in [-0.2, -0.15) is 0 Å². The average molecular weight is 248 g/mol. The smallest absolute Gasteiger partial charge is 0.250 e. The van der Waals surface area contributed by atoms with Crippen LogP contribution in [0.3, 0.4) is 0 Å². The molecule has 1 atom stereocenters. The number of phenols is 1. The Morgan fingerprint density at radius 2 is 2.00 bits per heavy atom. The van der Waals surface area contributed by atoms with E-state index < -0.39 is 17.9 Å². The highest BCUT2D eigenvalue weighted by Gasteiger charge is 2.15. The summed E-state index contributed by atoms with van der Waals surface area (Å²) in [5.74, 6) is -0.852. The Bertz CT molecular complexity index is 452. The zero-order chi connectivity index (χ0) is 13.5. The first-order chi connectivity index (χ1) is 8.52. The van der Waals surface area contributed by atoms with Gasteiger partial charge < -0.3 is 10.8 Å². The first-order valence-corrected chi connectivity index (χ1v) is 5.54. The first kappa shape index (κ1) is 13.9. The van der Waals surface area contributed by atoms with E-state index in [0.29, 0.717) is 6.42 Å². The van der Waals surface area contributed by atoms with E-state index in [2.05, 4.69) is 5.32 Å². The van der Waals surface area contributed by atoms with E-state index in [0.717, 1.165) is 5.56 Å². The predicted octanol–water partition coefficient (Wildman–Crippen LogP) is 0.481. The lowest BCUT2D eigenvalue weighted by molar-refractivity contribution is -0.128. The third-order valence-electron chi connectivity index (χ3n) is 2.29. The number of hydrogen-bond acceptors (Lipinski definition) is 4. The molecule has 2 amide bonds. The molecule has 1 rings (SSSR count). The number of nitrogens with two attached hydrogens (primary N) is 1. The largest absolute Gasteiger partial charge is 0.508 e. The molecule has 18 heavy (non-hydrogen) atoms. The van der Waals surface area contributed by atoms with Crippen molar-refractivity contribution in [3.63, 3.8) is 0 Å². The summed E-state index contributed by atoms with van der Waals surface area (Å²) in [4.78, 5) is 22.7. The Kier molecular flexibility index (Phi) is 5.07. The number of allylic oxidation sites excluding steroid dienone is 1. The maximum atomic E-state index is 11.6. The first-order valence-electron chi connectivity index (χ1n) is 5.54. The molecule has 1 aromatic carbocycles. The van der Waals surface area contributed by atoms with Crippen LogP contribution in [0.5, 0.6) is 5.75 Å². The van der Waals surface area contributed by atoms with Crippen molar-refractivity contribution in [1.82, 2.24) is 5.32 Å². The molecule has 0 bridgehead atoms. The van der Waals surface area contributed by atoms with Crippen molar-refractivity contribution < 1.29 is 14.7 Å². The van der Waals surface area contributed by atoms with E-state index in [4.69, 9.17) is 10.8 Å². The van der Waals surface area contributed by atoms with Gasteiger partial charge in [-0.15, -0.1) is 0 Å². The topological polar surface area (TPSA) is 92.4 Å². The molecular weight excluding hydrogens is 232 g/mol.